The van der Waals surface area contributed by atoms with E-state index in [1.165, 1.54) is 35.6 Å². The van der Waals surface area contributed by atoms with E-state index < -0.39 is 15.9 Å². The summed E-state index contributed by atoms with van der Waals surface area (Å²) < 4.78 is 28.1. The molecule has 0 aliphatic carbocycles. The minimum absolute atomic E-state index is 0.105. The number of aryl methyl sites for hydroxylation is 1. The quantitative estimate of drug-likeness (QED) is 0.306. The molecule has 0 aliphatic heterocycles. The van der Waals surface area contributed by atoms with E-state index in [2.05, 4.69) is 15.0 Å². The highest BCUT2D eigenvalue weighted by molar-refractivity contribution is 7.92. The van der Waals surface area contributed by atoms with Crippen molar-refractivity contribution in [2.75, 3.05) is 10.0 Å². The standard InChI is InChI=1S/C23H17Cl2N3O3S2/c1-14-6-8-18(9-7-14)33(30,31)28-20-5-3-2-4-19(20)22(29)27-23-26-21(13-32-23)15-10-16(24)12-17(25)11-15/h2-13,28H,1H3,(H,26,27,29). The van der Waals surface area contributed by atoms with Gasteiger partial charge in [0, 0.05) is 21.0 Å². The molecule has 0 bridgehead atoms. The van der Waals surface area contributed by atoms with E-state index in [4.69, 9.17) is 23.2 Å². The Hall–Kier alpha value is -2.91. The van der Waals surface area contributed by atoms with Gasteiger partial charge in [0.15, 0.2) is 5.13 Å². The molecule has 4 rings (SSSR count). The Morgan fingerprint density at radius 2 is 1.64 bits per heavy atom. The molecule has 0 spiro atoms. The van der Waals surface area contributed by atoms with Crippen LogP contribution in [0.5, 0.6) is 0 Å². The molecule has 4 aromatic rings. The highest BCUT2D eigenvalue weighted by Crippen LogP contribution is 2.30. The third kappa shape index (κ3) is 5.54. The van der Waals surface area contributed by atoms with E-state index in [1.54, 1.807) is 47.8 Å². The van der Waals surface area contributed by atoms with Gasteiger partial charge in [-0.05, 0) is 49.4 Å². The van der Waals surface area contributed by atoms with Crippen LogP contribution in [0.2, 0.25) is 10.0 Å². The Balaban J connectivity index is 1.55. The second-order valence-electron chi connectivity index (χ2n) is 7.11. The van der Waals surface area contributed by atoms with Crippen molar-refractivity contribution in [2.45, 2.75) is 11.8 Å². The Bertz CT molecular complexity index is 1420. The molecule has 0 aliphatic rings. The molecule has 6 nitrogen and oxygen atoms in total. The molecular weight excluding hydrogens is 501 g/mol. The first-order valence-corrected chi connectivity index (χ1v) is 12.7. The summed E-state index contributed by atoms with van der Waals surface area (Å²) in [5.74, 6) is -0.498. The molecule has 10 heteroatoms. The lowest BCUT2D eigenvalue weighted by Crippen LogP contribution is -2.18. The number of anilines is 2. The van der Waals surface area contributed by atoms with E-state index in [-0.39, 0.29) is 16.1 Å². The summed E-state index contributed by atoms with van der Waals surface area (Å²) in [6.45, 7) is 1.87. The lowest BCUT2D eigenvalue weighted by Gasteiger charge is -2.12. The maximum atomic E-state index is 12.9. The van der Waals surface area contributed by atoms with E-state index in [9.17, 15) is 13.2 Å². The van der Waals surface area contributed by atoms with E-state index >= 15 is 0 Å². The highest BCUT2D eigenvalue weighted by atomic mass is 35.5. The number of hydrogen-bond donors (Lipinski definition) is 2. The maximum Gasteiger partial charge on any atom is 0.261 e. The van der Waals surface area contributed by atoms with Gasteiger partial charge < -0.3 is 0 Å². The Morgan fingerprint density at radius 1 is 0.970 bits per heavy atom. The summed E-state index contributed by atoms with van der Waals surface area (Å²) >= 11 is 13.3. The summed E-state index contributed by atoms with van der Waals surface area (Å²) in [5, 5.41) is 5.79. The fraction of sp³-hybridized carbons (Fsp3) is 0.0435. The summed E-state index contributed by atoms with van der Waals surface area (Å²) in [7, 11) is -3.87. The summed E-state index contributed by atoms with van der Waals surface area (Å²) in [6, 6.07) is 17.9. The van der Waals surface area contributed by atoms with Crippen LogP contribution in [0.1, 0.15) is 15.9 Å². The topological polar surface area (TPSA) is 88.2 Å². The molecule has 168 valence electrons. The van der Waals surface area contributed by atoms with Gasteiger partial charge in [0.1, 0.15) is 0 Å². The molecule has 33 heavy (non-hydrogen) atoms. The van der Waals surface area contributed by atoms with Crippen LogP contribution in [0.25, 0.3) is 11.3 Å². The second-order valence-corrected chi connectivity index (χ2v) is 10.5. The zero-order valence-electron chi connectivity index (χ0n) is 17.2. The van der Waals surface area contributed by atoms with Crippen LogP contribution in [0, 0.1) is 6.92 Å². The number of sulfonamides is 1. The Morgan fingerprint density at radius 3 is 2.33 bits per heavy atom. The SMILES string of the molecule is Cc1ccc(S(=O)(=O)Nc2ccccc2C(=O)Nc2nc(-c3cc(Cl)cc(Cl)c3)cs2)cc1. The number of para-hydroxylation sites is 1. The molecule has 1 aromatic heterocycles. The van der Waals surface area contributed by atoms with Crippen molar-refractivity contribution < 1.29 is 13.2 Å². The van der Waals surface area contributed by atoms with Gasteiger partial charge in [-0.3, -0.25) is 14.8 Å². The van der Waals surface area contributed by atoms with E-state index in [1.807, 2.05) is 6.92 Å². The van der Waals surface area contributed by atoms with Gasteiger partial charge in [0.25, 0.3) is 15.9 Å². The van der Waals surface area contributed by atoms with Gasteiger partial charge in [0.05, 0.1) is 21.8 Å². The number of aromatic nitrogens is 1. The number of benzene rings is 3. The number of nitrogens with one attached hydrogen (secondary N) is 2. The van der Waals surface area contributed by atoms with Crippen LogP contribution >= 0.6 is 34.5 Å². The summed E-state index contributed by atoms with van der Waals surface area (Å²) in [5.41, 5.74) is 2.59. The third-order valence-corrected chi connectivity index (χ3v) is 7.21. The fourth-order valence-corrected chi connectivity index (χ4v) is 5.34. The molecule has 3 aromatic carbocycles. The minimum atomic E-state index is -3.87. The number of nitrogens with zero attached hydrogens (tertiary/aromatic N) is 1. The minimum Gasteiger partial charge on any atom is -0.298 e. The van der Waals surface area contributed by atoms with Crippen molar-refractivity contribution in [1.29, 1.82) is 0 Å². The number of hydrogen-bond acceptors (Lipinski definition) is 5. The van der Waals surface area contributed by atoms with Gasteiger partial charge in [-0.1, -0.05) is 53.0 Å². The van der Waals surface area contributed by atoms with Crippen molar-refractivity contribution in [1.82, 2.24) is 4.98 Å². The molecule has 0 unspecified atom stereocenters. The van der Waals surface area contributed by atoms with Gasteiger partial charge in [0.2, 0.25) is 0 Å². The summed E-state index contributed by atoms with van der Waals surface area (Å²) in [6.07, 6.45) is 0. The van der Waals surface area contributed by atoms with Crippen LogP contribution < -0.4 is 10.0 Å². The molecule has 0 saturated carbocycles. The van der Waals surface area contributed by atoms with Crippen molar-refractivity contribution in [3.63, 3.8) is 0 Å². The Labute approximate surface area is 205 Å². The summed E-state index contributed by atoms with van der Waals surface area (Å²) in [4.78, 5) is 17.5. The average Bonchev–Trinajstić information content (AvgIpc) is 3.22. The first-order chi connectivity index (χ1) is 15.7. The van der Waals surface area contributed by atoms with Gasteiger partial charge in [-0.2, -0.15) is 0 Å². The molecule has 1 heterocycles. The smallest absolute Gasteiger partial charge is 0.261 e. The molecule has 0 radical (unpaired) electrons. The predicted molar refractivity (Wildman–Crippen MR) is 134 cm³/mol. The van der Waals surface area contributed by atoms with Gasteiger partial charge in [-0.15, -0.1) is 11.3 Å². The van der Waals surface area contributed by atoms with Gasteiger partial charge in [-0.25, -0.2) is 13.4 Å². The number of rotatable bonds is 6. The van der Waals surface area contributed by atoms with E-state index in [0.717, 1.165) is 11.1 Å². The van der Waals surface area contributed by atoms with Crippen LogP contribution in [-0.2, 0) is 10.0 Å². The molecule has 1 amide bonds. The van der Waals surface area contributed by atoms with E-state index in [0.29, 0.717) is 20.9 Å². The van der Waals surface area contributed by atoms with Crippen LogP contribution in [0.4, 0.5) is 10.8 Å². The second kappa shape index (κ2) is 9.52. The number of thiazole rings is 1. The number of carbonyl (C=O) groups excluding carboxylic acids is 1. The van der Waals surface area contributed by atoms with Crippen molar-refractivity contribution in [3.8, 4) is 11.3 Å². The monoisotopic (exact) mass is 517 g/mol. The maximum absolute atomic E-state index is 12.9. The lowest BCUT2D eigenvalue weighted by atomic mass is 10.2. The highest BCUT2D eigenvalue weighted by Gasteiger charge is 2.19. The van der Waals surface area contributed by atoms with Crippen molar-refractivity contribution in [2.24, 2.45) is 0 Å². The van der Waals surface area contributed by atoms with Crippen LogP contribution in [0.15, 0.2) is 77.0 Å². The zero-order chi connectivity index (χ0) is 23.6. The molecule has 0 saturated heterocycles. The normalized spacial score (nSPS) is 11.2. The lowest BCUT2D eigenvalue weighted by molar-refractivity contribution is 0.102. The molecule has 0 fully saturated rings. The van der Waals surface area contributed by atoms with Crippen molar-refractivity contribution in [3.05, 3.63) is 93.3 Å². The zero-order valence-corrected chi connectivity index (χ0v) is 20.3. The number of halogens is 2. The fourth-order valence-electron chi connectivity index (χ4n) is 3.02. The Kier molecular flexibility index (Phi) is 6.71. The van der Waals surface area contributed by atoms with Crippen LogP contribution in [-0.4, -0.2) is 19.3 Å². The third-order valence-electron chi connectivity index (χ3n) is 4.63. The average molecular weight is 518 g/mol. The van der Waals surface area contributed by atoms with Gasteiger partial charge >= 0.3 is 0 Å². The predicted octanol–water partition coefficient (Wildman–Crippen LogP) is 6.48. The van der Waals surface area contributed by atoms with Crippen LogP contribution in [0.3, 0.4) is 0 Å². The molecule has 2 N–H and O–H groups in total. The molecular formula is C23H17Cl2N3O3S2. The first kappa shape index (κ1) is 23.3. The van der Waals surface area contributed by atoms with Crippen molar-refractivity contribution >= 4 is 61.3 Å². The largest absolute Gasteiger partial charge is 0.298 e. The number of amides is 1. The number of carbonyl (C=O) groups is 1. The first-order valence-electron chi connectivity index (χ1n) is 9.63. The molecule has 0 atom stereocenters.